The maximum absolute atomic E-state index is 12.0. The van der Waals surface area contributed by atoms with Crippen LogP contribution in [0.3, 0.4) is 0 Å². The van der Waals surface area contributed by atoms with Gasteiger partial charge in [-0.3, -0.25) is 14.8 Å². The summed E-state index contributed by atoms with van der Waals surface area (Å²) in [7, 11) is 1.38. The predicted octanol–water partition coefficient (Wildman–Crippen LogP) is 0.758. The number of aromatic nitrogens is 2. The zero-order valence-electron chi connectivity index (χ0n) is 17.5. The van der Waals surface area contributed by atoms with Crippen LogP contribution in [0.5, 0.6) is 0 Å². The maximum Gasteiger partial charge on any atom is 0.325 e. The van der Waals surface area contributed by atoms with E-state index in [1.165, 1.54) is 19.5 Å². The molecule has 10 heteroatoms. The number of hydrogen-bond acceptors (Lipinski definition) is 9. The molecule has 1 aromatic heterocycles. The normalized spacial score (nSPS) is 16.4. The molecule has 0 aromatic carbocycles. The van der Waals surface area contributed by atoms with Gasteiger partial charge in [-0.15, -0.1) is 0 Å². The minimum absolute atomic E-state index is 0.196. The van der Waals surface area contributed by atoms with E-state index in [4.69, 9.17) is 14.7 Å². The summed E-state index contributed by atoms with van der Waals surface area (Å²) in [4.78, 5) is 33.8. The van der Waals surface area contributed by atoms with Crippen LogP contribution in [0.4, 0.5) is 5.95 Å². The Morgan fingerprint density at radius 2 is 1.90 bits per heavy atom. The van der Waals surface area contributed by atoms with E-state index in [-0.39, 0.29) is 23.7 Å². The molecule has 1 amide bonds. The van der Waals surface area contributed by atoms with E-state index in [1.807, 2.05) is 20.8 Å². The Hall–Kier alpha value is -2.30. The largest absolute Gasteiger partial charge is 0.468 e. The average molecular weight is 409 g/mol. The lowest BCUT2D eigenvalue weighted by Gasteiger charge is -2.33. The van der Waals surface area contributed by atoms with Gasteiger partial charge in [0.25, 0.3) is 5.91 Å². The van der Waals surface area contributed by atoms with Gasteiger partial charge in [0, 0.05) is 25.5 Å². The van der Waals surface area contributed by atoms with Gasteiger partial charge in [0.15, 0.2) is 0 Å². The molecule has 10 nitrogen and oxygen atoms in total. The zero-order chi connectivity index (χ0) is 21.4. The number of amides is 1. The molecule has 1 aromatic rings. The molecule has 1 aliphatic rings. The summed E-state index contributed by atoms with van der Waals surface area (Å²) in [6.45, 7) is 8.35. The smallest absolute Gasteiger partial charge is 0.325 e. The number of hydrogen-bond donors (Lipinski definition) is 3. The maximum atomic E-state index is 12.0. The first-order valence-corrected chi connectivity index (χ1v) is 9.70. The van der Waals surface area contributed by atoms with Crippen LogP contribution < -0.4 is 15.7 Å². The van der Waals surface area contributed by atoms with E-state index >= 15 is 0 Å². The van der Waals surface area contributed by atoms with Crippen molar-refractivity contribution in [1.29, 1.82) is 0 Å². The van der Waals surface area contributed by atoms with Gasteiger partial charge in [-0.25, -0.2) is 15.4 Å². The third kappa shape index (κ3) is 7.22. The Bertz CT molecular complexity index is 669. The zero-order valence-corrected chi connectivity index (χ0v) is 17.5. The second kappa shape index (κ2) is 10.5. The van der Waals surface area contributed by atoms with Gasteiger partial charge in [0.05, 0.1) is 24.9 Å². The third-order valence-corrected chi connectivity index (χ3v) is 4.72. The minimum atomic E-state index is -0.642. The lowest BCUT2D eigenvalue weighted by atomic mass is 9.96. The minimum Gasteiger partial charge on any atom is -0.468 e. The van der Waals surface area contributed by atoms with Gasteiger partial charge >= 0.3 is 5.97 Å². The first-order valence-electron chi connectivity index (χ1n) is 9.70. The monoisotopic (exact) mass is 409 g/mol. The van der Waals surface area contributed by atoms with Gasteiger partial charge in [-0.05, 0) is 46.1 Å². The molecule has 29 heavy (non-hydrogen) atoms. The van der Waals surface area contributed by atoms with Crippen molar-refractivity contribution in [3.8, 4) is 0 Å². The number of anilines is 1. The van der Waals surface area contributed by atoms with Crippen molar-refractivity contribution in [3.05, 3.63) is 18.0 Å². The van der Waals surface area contributed by atoms with Crippen LogP contribution in [-0.2, 0) is 14.3 Å². The Balaban J connectivity index is 1.82. The highest BCUT2D eigenvalue weighted by Crippen LogP contribution is 2.20. The molecule has 0 radical (unpaired) electrons. The summed E-state index contributed by atoms with van der Waals surface area (Å²) in [6.07, 6.45) is 4.61. The van der Waals surface area contributed by atoms with Gasteiger partial charge in [-0.1, -0.05) is 0 Å². The van der Waals surface area contributed by atoms with Gasteiger partial charge in [0.2, 0.25) is 5.95 Å². The van der Waals surface area contributed by atoms with Gasteiger partial charge in [0.1, 0.15) is 6.04 Å². The van der Waals surface area contributed by atoms with Gasteiger partial charge in [-0.2, -0.15) is 0 Å². The van der Waals surface area contributed by atoms with Crippen molar-refractivity contribution in [3.63, 3.8) is 0 Å². The standard InChI is InChI=1S/C19H31N5O5/c1-19(2,3)29-12-15(17(26)28-4)20-9-13-5-7-24(8-6-13)18-21-10-14(11-22-18)16(25)23-27/h10-11,13,15,20,27H,5-9,12H2,1-4H3,(H,23,25)/t15-/m0/s1. The van der Waals surface area contributed by atoms with E-state index in [0.29, 0.717) is 18.4 Å². The van der Waals surface area contributed by atoms with Crippen LogP contribution >= 0.6 is 0 Å². The lowest BCUT2D eigenvalue weighted by Crippen LogP contribution is -2.46. The highest BCUT2D eigenvalue weighted by atomic mass is 16.5. The van der Waals surface area contributed by atoms with E-state index in [9.17, 15) is 9.59 Å². The second-order valence-electron chi connectivity index (χ2n) is 8.05. The molecule has 0 unspecified atom stereocenters. The van der Waals surface area contributed by atoms with Crippen LogP contribution in [0.2, 0.25) is 0 Å². The summed E-state index contributed by atoms with van der Waals surface area (Å²) >= 11 is 0. The van der Waals surface area contributed by atoms with E-state index < -0.39 is 11.9 Å². The van der Waals surface area contributed by atoms with Crippen molar-refractivity contribution in [2.45, 2.75) is 45.3 Å². The van der Waals surface area contributed by atoms with E-state index in [0.717, 1.165) is 25.9 Å². The molecule has 0 saturated carbocycles. The fraction of sp³-hybridized carbons (Fsp3) is 0.684. The highest BCUT2D eigenvalue weighted by Gasteiger charge is 2.26. The lowest BCUT2D eigenvalue weighted by molar-refractivity contribution is -0.146. The molecule has 3 N–H and O–H groups in total. The van der Waals surface area contributed by atoms with Crippen molar-refractivity contribution in [1.82, 2.24) is 20.8 Å². The van der Waals surface area contributed by atoms with Crippen LogP contribution in [0, 0.1) is 5.92 Å². The molecule has 0 bridgehead atoms. The first-order chi connectivity index (χ1) is 13.7. The van der Waals surface area contributed by atoms with E-state index in [2.05, 4.69) is 20.2 Å². The SMILES string of the molecule is COC(=O)[C@H](COC(C)(C)C)NCC1CCN(c2ncc(C(=O)NO)cn2)CC1. The van der Waals surface area contributed by atoms with Crippen molar-refractivity contribution < 1.29 is 24.3 Å². The number of esters is 1. The summed E-state index contributed by atoms with van der Waals surface area (Å²) in [5, 5.41) is 11.9. The molecule has 0 aliphatic carbocycles. The fourth-order valence-corrected chi connectivity index (χ4v) is 3.00. The molecular weight excluding hydrogens is 378 g/mol. The number of piperidine rings is 1. The summed E-state index contributed by atoms with van der Waals surface area (Å²) in [5.74, 6) is -0.00609. The molecule has 1 atom stereocenters. The predicted molar refractivity (Wildman–Crippen MR) is 106 cm³/mol. The van der Waals surface area contributed by atoms with Crippen LogP contribution in [-0.4, -0.2) is 72.0 Å². The van der Waals surface area contributed by atoms with Crippen molar-refractivity contribution >= 4 is 17.8 Å². The summed E-state index contributed by atoms with van der Waals surface area (Å²) in [6, 6.07) is -0.495. The van der Waals surface area contributed by atoms with Crippen LogP contribution in [0.1, 0.15) is 44.0 Å². The summed E-state index contributed by atoms with van der Waals surface area (Å²) in [5.41, 5.74) is 1.43. The Morgan fingerprint density at radius 3 is 2.41 bits per heavy atom. The van der Waals surface area contributed by atoms with Gasteiger partial charge < -0.3 is 19.7 Å². The molecule has 1 saturated heterocycles. The van der Waals surface area contributed by atoms with Crippen LogP contribution in [0.25, 0.3) is 0 Å². The van der Waals surface area contributed by atoms with Crippen molar-refractivity contribution in [2.75, 3.05) is 38.3 Å². The number of nitrogens with one attached hydrogen (secondary N) is 2. The Kier molecular flexibility index (Phi) is 8.30. The summed E-state index contributed by atoms with van der Waals surface area (Å²) < 4.78 is 10.6. The number of hydroxylamine groups is 1. The van der Waals surface area contributed by atoms with Crippen LogP contribution in [0.15, 0.2) is 12.4 Å². The molecule has 162 valence electrons. The number of methoxy groups -OCH3 is 1. The molecule has 1 fully saturated rings. The highest BCUT2D eigenvalue weighted by molar-refractivity contribution is 5.92. The number of rotatable bonds is 8. The molecule has 2 heterocycles. The Labute approximate surface area is 170 Å². The topological polar surface area (TPSA) is 126 Å². The quantitative estimate of drug-likeness (QED) is 0.324. The van der Waals surface area contributed by atoms with E-state index in [1.54, 1.807) is 5.48 Å². The Morgan fingerprint density at radius 1 is 1.28 bits per heavy atom. The molecule has 0 spiro atoms. The first kappa shape index (κ1) is 23.0. The average Bonchev–Trinajstić information content (AvgIpc) is 2.72. The van der Waals surface area contributed by atoms with Crippen molar-refractivity contribution in [2.24, 2.45) is 5.92 Å². The third-order valence-electron chi connectivity index (χ3n) is 4.72. The molecular formula is C19H31N5O5. The fourth-order valence-electron chi connectivity index (χ4n) is 3.00. The second-order valence-corrected chi connectivity index (χ2v) is 8.05. The number of ether oxygens (including phenoxy) is 2. The number of carbonyl (C=O) groups excluding carboxylic acids is 2. The molecule has 2 rings (SSSR count). The molecule has 1 aliphatic heterocycles. The number of carbonyl (C=O) groups is 2. The number of nitrogens with zero attached hydrogens (tertiary/aromatic N) is 3.